The van der Waals surface area contributed by atoms with E-state index < -0.39 is 53.9 Å². The van der Waals surface area contributed by atoms with Crippen molar-refractivity contribution in [2.45, 2.75) is 90.6 Å². The molecule has 256 valence electrons. The molecule has 2 amide bonds. The zero-order chi connectivity index (χ0) is 34.4. The number of fused-ring (bicyclic) bond motifs is 2. The molecule has 0 saturated heterocycles. The SMILES string of the molecule is CO[C@H]1/C=C\C=C(\C)C(=O)NC2=CC(=O)C(NCCCCCCN)=C(C[C@@H](C)C[C@H](OC)[C@H](O)[C@@H](C)/C=C(\C)[C@@H]1OC(N)=O)C2=O. The fraction of sp³-hybridized carbons (Fsp3) is 0.588. The van der Waals surface area contributed by atoms with Gasteiger partial charge in [0.1, 0.15) is 6.10 Å². The second-order valence-corrected chi connectivity index (χ2v) is 12.1. The predicted molar refractivity (Wildman–Crippen MR) is 175 cm³/mol. The largest absolute Gasteiger partial charge is 0.439 e. The number of methoxy groups -OCH3 is 2. The Labute approximate surface area is 272 Å². The Hall–Kier alpha value is -3.58. The monoisotopic (exact) mass is 644 g/mol. The molecule has 12 heteroatoms. The number of amides is 2. The third kappa shape index (κ3) is 11.3. The summed E-state index contributed by atoms with van der Waals surface area (Å²) in [5.41, 5.74) is 12.2. The van der Waals surface area contributed by atoms with Crippen LogP contribution in [-0.2, 0) is 28.6 Å². The molecular weight excluding hydrogens is 592 g/mol. The Kier molecular flexibility index (Phi) is 16.1. The first kappa shape index (κ1) is 38.6. The van der Waals surface area contributed by atoms with Crippen molar-refractivity contribution in [3.63, 3.8) is 0 Å². The fourth-order valence-electron chi connectivity index (χ4n) is 5.61. The highest BCUT2D eigenvalue weighted by Gasteiger charge is 2.33. The minimum absolute atomic E-state index is 0.109. The van der Waals surface area contributed by atoms with Crippen LogP contribution < -0.4 is 22.1 Å². The van der Waals surface area contributed by atoms with Gasteiger partial charge in [-0.1, -0.05) is 51.0 Å². The molecule has 0 radical (unpaired) electrons. The van der Waals surface area contributed by atoms with Crippen molar-refractivity contribution in [2.75, 3.05) is 27.3 Å². The van der Waals surface area contributed by atoms with Crippen molar-refractivity contribution in [2.24, 2.45) is 23.3 Å². The number of allylic oxidation sites excluding steroid dienone is 4. The number of rotatable bonds is 10. The normalized spacial score (nSPS) is 30.0. The van der Waals surface area contributed by atoms with Crippen LogP contribution in [0, 0.1) is 11.8 Å². The molecule has 0 saturated carbocycles. The van der Waals surface area contributed by atoms with Gasteiger partial charge in [-0.15, -0.1) is 0 Å². The number of ketones is 2. The number of hydrogen-bond acceptors (Lipinski definition) is 10. The maximum absolute atomic E-state index is 13.8. The number of carbonyl (C=O) groups is 4. The summed E-state index contributed by atoms with van der Waals surface area (Å²) in [6.07, 6.45) is 7.54. The van der Waals surface area contributed by atoms with E-state index in [0.29, 0.717) is 25.1 Å². The molecule has 1 aliphatic carbocycles. The van der Waals surface area contributed by atoms with Gasteiger partial charge in [0.05, 0.1) is 23.6 Å². The van der Waals surface area contributed by atoms with Gasteiger partial charge in [-0.2, -0.15) is 0 Å². The average Bonchev–Trinajstić information content (AvgIpc) is 3.01. The Balaban J connectivity index is 2.54. The molecule has 2 bridgehead atoms. The lowest BCUT2D eigenvalue weighted by Gasteiger charge is -2.30. The third-order valence-corrected chi connectivity index (χ3v) is 8.23. The average molecular weight is 645 g/mol. The number of primary amides is 1. The number of aliphatic hydroxyl groups excluding tert-OH is 1. The van der Waals surface area contributed by atoms with E-state index >= 15 is 0 Å². The minimum Gasteiger partial charge on any atom is -0.439 e. The Morgan fingerprint density at radius 1 is 1.09 bits per heavy atom. The zero-order valence-electron chi connectivity index (χ0n) is 28.0. The van der Waals surface area contributed by atoms with Gasteiger partial charge in [0.25, 0.3) is 5.91 Å². The van der Waals surface area contributed by atoms with Crippen LogP contribution in [0.4, 0.5) is 4.79 Å². The Morgan fingerprint density at radius 3 is 2.41 bits per heavy atom. The summed E-state index contributed by atoms with van der Waals surface area (Å²) in [6.45, 7) is 8.17. The van der Waals surface area contributed by atoms with Gasteiger partial charge in [0.15, 0.2) is 6.10 Å². The molecule has 46 heavy (non-hydrogen) atoms. The number of nitrogens with one attached hydrogen (secondary N) is 2. The highest BCUT2D eigenvalue weighted by atomic mass is 16.6. The summed E-state index contributed by atoms with van der Waals surface area (Å²) >= 11 is 0. The standard InChI is InChI=1S/C34H52N4O8/c1-20-16-24-29(37-15-10-8-7-9-14-35)26(39)19-25(31(24)41)38-33(42)21(2)12-11-13-27(44-5)32(46-34(36)43)23(4)18-22(3)30(40)28(17-20)45-6/h11-13,18-20,22,27-28,30,32,37,40H,7-10,14-17,35H2,1-6H3,(H2,36,43)(H,38,42)/b13-11-,21-12-,23-18+/t20-,22+,27+,28+,30-,32+/m1/s1. The molecule has 0 aromatic rings. The van der Waals surface area contributed by atoms with Gasteiger partial charge in [0.2, 0.25) is 11.6 Å². The Morgan fingerprint density at radius 2 is 1.78 bits per heavy atom. The van der Waals surface area contributed by atoms with Gasteiger partial charge in [-0.05, 0) is 57.6 Å². The first-order chi connectivity index (χ1) is 21.8. The highest BCUT2D eigenvalue weighted by molar-refractivity contribution is 6.23. The molecule has 12 nitrogen and oxygen atoms in total. The van der Waals surface area contributed by atoms with Crippen LogP contribution in [0.2, 0.25) is 0 Å². The van der Waals surface area contributed by atoms with Crippen molar-refractivity contribution < 1.29 is 38.5 Å². The lowest BCUT2D eigenvalue weighted by atomic mass is 9.85. The van der Waals surface area contributed by atoms with E-state index in [-0.39, 0.29) is 34.9 Å². The number of nitrogens with two attached hydrogens (primary N) is 2. The quantitative estimate of drug-likeness (QED) is 0.134. The molecule has 0 unspecified atom stereocenters. The number of aliphatic hydroxyl groups is 1. The van der Waals surface area contributed by atoms with Gasteiger partial charge in [-0.25, -0.2) is 4.79 Å². The maximum atomic E-state index is 13.8. The topological polar surface area (TPSA) is 192 Å². The van der Waals surface area contributed by atoms with Crippen LogP contribution >= 0.6 is 0 Å². The van der Waals surface area contributed by atoms with Gasteiger partial charge in [0, 0.05) is 43.9 Å². The molecule has 0 spiro atoms. The van der Waals surface area contributed by atoms with E-state index in [4.69, 9.17) is 25.7 Å². The van der Waals surface area contributed by atoms with Crippen LogP contribution in [0.3, 0.4) is 0 Å². The van der Waals surface area contributed by atoms with Crippen molar-refractivity contribution >= 4 is 23.6 Å². The summed E-state index contributed by atoms with van der Waals surface area (Å²) in [7, 11) is 2.94. The van der Waals surface area contributed by atoms with Crippen molar-refractivity contribution in [3.05, 3.63) is 58.5 Å². The third-order valence-electron chi connectivity index (χ3n) is 8.23. The summed E-state index contributed by atoms with van der Waals surface area (Å²) in [5.74, 6) is -2.04. The van der Waals surface area contributed by atoms with Crippen LogP contribution in [0.1, 0.15) is 66.2 Å². The minimum atomic E-state index is -0.997. The number of carbonyl (C=O) groups excluding carboxylic acids is 4. The molecule has 0 aromatic heterocycles. The molecular formula is C34H52N4O8. The van der Waals surface area contributed by atoms with Crippen molar-refractivity contribution in [1.29, 1.82) is 0 Å². The summed E-state index contributed by atoms with van der Waals surface area (Å²) in [5, 5.41) is 17.1. The molecule has 0 fully saturated rings. The molecule has 7 N–H and O–H groups in total. The van der Waals surface area contributed by atoms with Crippen molar-refractivity contribution in [1.82, 2.24) is 10.6 Å². The van der Waals surface area contributed by atoms with E-state index in [9.17, 15) is 24.3 Å². The smallest absolute Gasteiger partial charge is 0.405 e. The van der Waals surface area contributed by atoms with E-state index in [1.807, 2.05) is 13.8 Å². The second-order valence-electron chi connectivity index (χ2n) is 12.1. The summed E-state index contributed by atoms with van der Waals surface area (Å²) in [4.78, 5) is 52.0. The molecule has 2 rings (SSSR count). The molecule has 2 aliphatic rings. The number of Topliss-reactive ketones (excluding diaryl/α,β-unsaturated/α-hetero) is 1. The molecule has 0 aromatic carbocycles. The van der Waals surface area contributed by atoms with Gasteiger partial charge >= 0.3 is 6.09 Å². The molecule has 6 atom stereocenters. The van der Waals surface area contributed by atoms with Crippen LogP contribution in [0.25, 0.3) is 0 Å². The van der Waals surface area contributed by atoms with Crippen LogP contribution in [-0.4, -0.2) is 80.4 Å². The van der Waals surface area contributed by atoms with Crippen LogP contribution in [0.5, 0.6) is 0 Å². The van der Waals surface area contributed by atoms with Gasteiger partial charge in [-0.3, -0.25) is 14.4 Å². The Bertz CT molecular complexity index is 1250. The van der Waals surface area contributed by atoms with Gasteiger partial charge < -0.3 is 41.4 Å². The maximum Gasteiger partial charge on any atom is 0.405 e. The van der Waals surface area contributed by atoms with E-state index in [1.165, 1.54) is 20.3 Å². The lowest BCUT2D eigenvalue weighted by molar-refractivity contribution is -0.120. The summed E-state index contributed by atoms with van der Waals surface area (Å²) < 4.78 is 16.7. The highest BCUT2D eigenvalue weighted by Crippen LogP contribution is 2.29. The first-order valence-corrected chi connectivity index (χ1v) is 15.9. The molecule has 1 heterocycles. The number of hydrogen-bond donors (Lipinski definition) is 5. The van der Waals surface area contributed by atoms with E-state index in [1.54, 1.807) is 32.1 Å². The van der Waals surface area contributed by atoms with E-state index in [2.05, 4.69) is 10.6 Å². The second kappa shape index (κ2) is 19.2. The number of unbranched alkanes of at least 4 members (excludes halogenated alkanes) is 3. The zero-order valence-corrected chi connectivity index (χ0v) is 28.0. The first-order valence-electron chi connectivity index (χ1n) is 15.9. The predicted octanol–water partition coefficient (Wildman–Crippen LogP) is 2.87. The van der Waals surface area contributed by atoms with Crippen molar-refractivity contribution in [3.8, 4) is 0 Å². The summed E-state index contributed by atoms with van der Waals surface area (Å²) in [6, 6.07) is 0. The molecule has 1 aliphatic heterocycles. The van der Waals surface area contributed by atoms with E-state index in [0.717, 1.165) is 31.8 Å². The number of ether oxygens (including phenoxy) is 3. The van der Waals surface area contributed by atoms with Crippen LogP contribution in [0.15, 0.2) is 58.5 Å². The fourth-order valence-corrected chi connectivity index (χ4v) is 5.61. The lowest BCUT2D eigenvalue weighted by Crippen LogP contribution is -2.38.